The number of nitrogens with two attached hydrogens (primary N) is 1. The molecule has 0 aliphatic carbocycles. The first-order valence-corrected chi connectivity index (χ1v) is 4.84. The summed E-state index contributed by atoms with van der Waals surface area (Å²) in [5, 5.41) is 0. The average molecular weight is 212 g/mol. The second-order valence-corrected chi connectivity index (χ2v) is 2.92. The van der Waals surface area contributed by atoms with E-state index >= 15 is 0 Å². The molecule has 0 saturated heterocycles. The molecule has 0 bridgehead atoms. The summed E-state index contributed by atoms with van der Waals surface area (Å²) in [5.41, 5.74) is 5.31. The number of hydrogen-bond donors (Lipinski definition) is 1. The topological polar surface area (TPSA) is 38.5 Å². The molecule has 0 rings (SSSR count). The van der Waals surface area contributed by atoms with Gasteiger partial charge in [0.05, 0.1) is 6.61 Å². The number of hydrogen-bond acceptors (Lipinski definition) is 3. The van der Waals surface area contributed by atoms with Gasteiger partial charge < -0.3 is 10.5 Å². The second-order valence-electron chi connectivity index (χ2n) is 2.92. The Bertz CT molecular complexity index is 115. The minimum absolute atomic E-state index is 0.0714. The fourth-order valence-electron chi connectivity index (χ4n) is 0.896. The van der Waals surface area contributed by atoms with Crippen LogP contribution < -0.4 is 5.73 Å². The summed E-state index contributed by atoms with van der Waals surface area (Å²) in [6.07, 6.45) is 0. The molecule has 0 aromatic heterocycles. The number of halogens is 2. The third kappa shape index (κ3) is 11.7. The summed E-state index contributed by atoms with van der Waals surface area (Å²) in [7, 11) is 1.83. The molecule has 0 spiro atoms. The van der Waals surface area contributed by atoms with Crippen LogP contribution in [0.25, 0.3) is 0 Å². The highest BCUT2D eigenvalue weighted by atomic mass is 19.3. The van der Waals surface area contributed by atoms with Crippen LogP contribution >= 0.6 is 0 Å². The van der Waals surface area contributed by atoms with E-state index in [2.05, 4.69) is 4.74 Å². The Kier molecular flexibility index (Phi) is 12.5. The van der Waals surface area contributed by atoms with Crippen LogP contribution in [0.2, 0.25) is 0 Å². The Hall–Kier alpha value is -0.260. The van der Waals surface area contributed by atoms with Crippen LogP contribution in [0.1, 0.15) is 20.8 Å². The number of nitrogens with zero attached hydrogens (tertiary/aromatic N) is 1. The van der Waals surface area contributed by atoms with Gasteiger partial charge in [0, 0.05) is 13.2 Å². The molecule has 88 valence electrons. The zero-order valence-corrected chi connectivity index (χ0v) is 9.46. The lowest BCUT2D eigenvalue weighted by atomic mass is 10.2. The van der Waals surface area contributed by atoms with Gasteiger partial charge in [-0.1, -0.05) is 20.8 Å². The minimum atomic E-state index is -2.67. The summed E-state index contributed by atoms with van der Waals surface area (Å²) in [6.45, 7) is 4.34. The number of alkyl halides is 2. The van der Waals surface area contributed by atoms with Gasteiger partial charge in [0.15, 0.2) is 0 Å². The molecule has 3 nitrogen and oxygen atoms in total. The molecule has 0 fully saturated rings. The van der Waals surface area contributed by atoms with Gasteiger partial charge in [-0.25, -0.2) is 0 Å². The number of ether oxygens (including phenoxy) is 1. The second kappa shape index (κ2) is 10.8. The highest BCUT2D eigenvalue weighted by Crippen LogP contribution is 2.02. The zero-order chi connectivity index (χ0) is 11.6. The van der Waals surface area contributed by atoms with E-state index in [0.29, 0.717) is 13.2 Å². The molecule has 0 radical (unpaired) electrons. The fourth-order valence-corrected chi connectivity index (χ4v) is 0.896. The first-order chi connectivity index (χ1) is 6.56. The van der Waals surface area contributed by atoms with E-state index in [9.17, 15) is 8.78 Å². The molecule has 1 atom stereocenters. The lowest BCUT2D eigenvalue weighted by Gasteiger charge is -2.18. The molecule has 0 aromatic rings. The van der Waals surface area contributed by atoms with Gasteiger partial charge in [-0.2, -0.15) is 8.78 Å². The third-order valence-corrected chi connectivity index (χ3v) is 1.44. The number of rotatable bonds is 6. The van der Waals surface area contributed by atoms with Crippen LogP contribution in [0.15, 0.2) is 0 Å². The van der Waals surface area contributed by atoms with E-state index in [1.54, 1.807) is 0 Å². The first kappa shape index (κ1) is 16.2. The van der Waals surface area contributed by atoms with Gasteiger partial charge in [0.1, 0.15) is 0 Å². The van der Waals surface area contributed by atoms with Crippen molar-refractivity contribution in [2.45, 2.75) is 27.4 Å². The van der Waals surface area contributed by atoms with E-state index in [1.165, 1.54) is 0 Å². The molecular weight excluding hydrogens is 190 g/mol. The van der Waals surface area contributed by atoms with Crippen molar-refractivity contribution >= 4 is 0 Å². The van der Waals surface area contributed by atoms with Crippen LogP contribution in [-0.4, -0.2) is 38.4 Å². The maximum Gasteiger partial charge on any atom is 0.345 e. The van der Waals surface area contributed by atoms with Crippen molar-refractivity contribution in [1.29, 1.82) is 0 Å². The first-order valence-electron chi connectivity index (χ1n) is 4.84. The zero-order valence-electron chi connectivity index (χ0n) is 9.46. The van der Waals surface area contributed by atoms with Crippen molar-refractivity contribution in [2.75, 3.05) is 26.9 Å². The predicted octanol–water partition coefficient (Wildman–Crippen LogP) is 1.74. The maximum atomic E-state index is 11.6. The lowest BCUT2D eigenvalue weighted by Crippen LogP contribution is -2.31. The van der Waals surface area contributed by atoms with Gasteiger partial charge in [0.2, 0.25) is 0 Å². The Morgan fingerprint density at radius 1 is 1.36 bits per heavy atom. The maximum absolute atomic E-state index is 11.6. The van der Waals surface area contributed by atoms with E-state index in [-0.39, 0.29) is 12.5 Å². The van der Waals surface area contributed by atoms with Crippen molar-refractivity contribution in [3.8, 4) is 0 Å². The minimum Gasteiger partial charge on any atom is -0.323 e. The largest absolute Gasteiger partial charge is 0.345 e. The van der Waals surface area contributed by atoms with Gasteiger partial charge in [-0.05, 0) is 13.0 Å². The molecule has 14 heavy (non-hydrogen) atoms. The highest BCUT2D eigenvalue weighted by Gasteiger charge is 2.08. The summed E-state index contributed by atoms with van der Waals surface area (Å²) in [4.78, 5) is 1.85. The van der Waals surface area contributed by atoms with E-state index in [1.807, 2.05) is 32.7 Å². The Morgan fingerprint density at radius 3 is 2.21 bits per heavy atom. The quantitative estimate of drug-likeness (QED) is 0.681. The summed E-state index contributed by atoms with van der Waals surface area (Å²) >= 11 is 0. The standard InChI is InChI=1S/C7H16F2N2O.C2H6/c1-6(3-11(2)5-10)4-12-7(8)9;1-2/h6-7H,3-5,10H2,1-2H3;1-2H3. The Labute approximate surface area is 85.2 Å². The van der Waals surface area contributed by atoms with Crippen LogP contribution in [0.5, 0.6) is 0 Å². The molecule has 5 heteroatoms. The summed E-state index contributed by atoms with van der Waals surface area (Å²) in [6, 6.07) is 0. The molecular formula is C9H22F2N2O. The molecule has 0 aliphatic rings. The molecule has 1 unspecified atom stereocenters. The van der Waals surface area contributed by atoms with Crippen LogP contribution in [0.4, 0.5) is 8.78 Å². The molecule has 2 N–H and O–H groups in total. The van der Waals surface area contributed by atoms with E-state index in [4.69, 9.17) is 5.73 Å². The molecule has 0 heterocycles. The van der Waals surface area contributed by atoms with Crippen molar-refractivity contribution in [1.82, 2.24) is 4.90 Å². The normalized spacial score (nSPS) is 12.6. The van der Waals surface area contributed by atoms with Gasteiger partial charge in [0.25, 0.3) is 0 Å². The van der Waals surface area contributed by atoms with E-state index in [0.717, 1.165) is 0 Å². The summed E-state index contributed by atoms with van der Waals surface area (Å²) in [5.74, 6) is 0.0764. The van der Waals surface area contributed by atoms with Crippen molar-refractivity contribution < 1.29 is 13.5 Å². The van der Waals surface area contributed by atoms with Crippen molar-refractivity contribution in [2.24, 2.45) is 11.7 Å². The van der Waals surface area contributed by atoms with Gasteiger partial charge in [-0.15, -0.1) is 0 Å². The third-order valence-electron chi connectivity index (χ3n) is 1.44. The molecule has 0 amide bonds. The van der Waals surface area contributed by atoms with Gasteiger partial charge >= 0.3 is 6.61 Å². The SMILES string of the molecule is CC.CC(COC(F)F)CN(C)CN. The van der Waals surface area contributed by atoms with Crippen LogP contribution in [0, 0.1) is 5.92 Å². The molecule has 0 aliphatic heterocycles. The highest BCUT2D eigenvalue weighted by molar-refractivity contribution is 4.55. The molecule has 0 saturated carbocycles. The summed E-state index contributed by atoms with van der Waals surface area (Å²) < 4.78 is 27.3. The monoisotopic (exact) mass is 212 g/mol. The fraction of sp³-hybridized carbons (Fsp3) is 1.00. The Morgan fingerprint density at radius 2 is 1.86 bits per heavy atom. The van der Waals surface area contributed by atoms with Crippen molar-refractivity contribution in [3.05, 3.63) is 0 Å². The van der Waals surface area contributed by atoms with E-state index < -0.39 is 6.61 Å². The smallest absolute Gasteiger partial charge is 0.323 e. The van der Waals surface area contributed by atoms with Crippen LogP contribution in [-0.2, 0) is 4.74 Å². The molecule has 0 aromatic carbocycles. The van der Waals surface area contributed by atoms with Crippen LogP contribution in [0.3, 0.4) is 0 Å². The lowest BCUT2D eigenvalue weighted by molar-refractivity contribution is -0.137. The Balaban J connectivity index is 0. The average Bonchev–Trinajstić information content (AvgIpc) is 2.17. The predicted molar refractivity (Wildman–Crippen MR) is 54.2 cm³/mol. The van der Waals surface area contributed by atoms with Gasteiger partial charge in [-0.3, -0.25) is 4.90 Å². The van der Waals surface area contributed by atoms with Crippen molar-refractivity contribution in [3.63, 3.8) is 0 Å².